The Morgan fingerprint density at radius 1 is 1.60 bits per heavy atom. The lowest BCUT2D eigenvalue weighted by atomic mass is 10.3. The van der Waals surface area contributed by atoms with E-state index >= 15 is 0 Å². The maximum Gasteiger partial charge on any atom is 0.360 e. The van der Waals surface area contributed by atoms with Crippen LogP contribution in [0.25, 0.3) is 0 Å². The summed E-state index contributed by atoms with van der Waals surface area (Å²) >= 11 is 0. The second kappa shape index (κ2) is 4.82. The molecule has 0 bridgehead atoms. The molecule has 0 radical (unpaired) electrons. The van der Waals surface area contributed by atoms with Gasteiger partial charge < -0.3 is 9.47 Å². The number of hydrogen-bond acceptors (Lipinski definition) is 4. The highest BCUT2D eigenvalue weighted by atomic mass is 16.5. The molecule has 15 heavy (non-hydrogen) atoms. The molecule has 0 aliphatic heterocycles. The van der Waals surface area contributed by atoms with Gasteiger partial charge in [-0.2, -0.15) is 5.10 Å². The van der Waals surface area contributed by atoms with E-state index in [1.165, 1.54) is 13.3 Å². The van der Waals surface area contributed by atoms with E-state index < -0.39 is 5.97 Å². The van der Waals surface area contributed by atoms with Gasteiger partial charge in [0, 0.05) is 6.04 Å². The Hall–Kier alpha value is -1.52. The van der Waals surface area contributed by atoms with Crippen LogP contribution in [0.15, 0.2) is 6.20 Å². The van der Waals surface area contributed by atoms with Crippen molar-refractivity contribution >= 4 is 5.97 Å². The maximum atomic E-state index is 11.6. The number of rotatable bonds is 4. The summed E-state index contributed by atoms with van der Waals surface area (Å²) in [5.74, 6) is 0.0442. The van der Waals surface area contributed by atoms with Gasteiger partial charge in [0.15, 0.2) is 11.4 Å². The van der Waals surface area contributed by atoms with E-state index in [-0.39, 0.29) is 6.04 Å². The Labute approximate surface area is 89.0 Å². The molecule has 0 atom stereocenters. The largest absolute Gasteiger partial charge is 0.493 e. The number of esters is 1. The van der Waals surface area contributed by atoms with Crippen molar-refractivity contribution in [3.63, 3.8) is 0 Å². The van der Waals surface area contributed by atoms with Gasteiger partial charge in [0.2, 0.25) is 0 Å². The normalized spacial score (nSPS) is 10.5. The summed E-state index contributed by atoms with van der Waals surface area (Å²) in [6.45, 7) is 5.98. The third kappa shape index (κ3) is 2.29. The fraction of sp³-hybridized carbons (Fsp3) is 0.600. The smallest absolute Gasteiger partial charge is 0.360 e. The van der Waals surface area contributed by atoms with Crippen LogP contribution in [0, 0.1) is 0 Å². The molecule has 0 amide bonds. The highest BCUT2D eigenvalue weighted by molar-refractivity contribution is 5.90. The molecule has 1 aromatic rings. The number of methoxy groups -OCH3 is 1. The predicted octanol–water partition coefficient (Wildman–Crippen LogP) is 1.65. The number of ether oxygens (including phenoxy) is 2. The first-order valence-corrected chi connectivity index (χ1v) is 4.90. The van der Waals surface area contributed by atoms with E-state index in [0.717, 1.165) is 0 Å². The zero-order chi connectivity index (χ0) is 11.4. The summed E-state index contributed by atoms with van der Waals surface area (Å²) in [4.78, 5) is 11.6. The van der Waals surface area contributed by atoms with Crippen LogP contribution >= 0.6 is 0 Å². The molecular weight excluding hydrogens is 196 g/mol. The minimum atomic E-state index is -0.402. The molecule has 1 heterocycles. The fourth-order valence-electron chi connectivity index (χ4n) is 1.28. The third-order valence-corrected chi connectivity index (χ3v) is 1.94. The lowest BCUT2D eigenvalue weighted by Gasteiger charge is -2.10. The molecule has 0 aliphatic carbocycles. The fourth-order valence-corrected chi connectivity index (χ4v) is 1.28. The monoisotopic (exact) mass is 212 g/mol. The SMILES string of the molecule is CCOC(=O)c1c(OC)cnn1C(C)C. The van der Waals surface area contributed by atoms with Gasteiger partial charge in [-0.25, -0.2) is 4.79 Å². The summed E-state index contributed by atoms with van der Waals surface area (Å²) in [5, 5.41) is 4.08. The Bertz CT molecular complexity index is 344. The van der Waals surface area contributed by atoms with E-state index in [1.54, 1.807) is 11.6 Å². The molecule has 0 aliphatic rings. The number of aromatic nitrogens is 2. The van der Waals surface area contributed by atoms with Crippen molar-refractivity contribution < 1.29 is 14.3 Å². The molecule has 0 aromatic carbocycles. The van der Waals surface area contributed by atoms with Crippen molar-refractivity contribution in [3.8, 4) is 5.75 Å². The van der Waals surface area contributed by atoms with Crippen molar-refractivity contribution in [2.75, 3.05) is 13.7 Å². The van der Waals surface area contributed by atoms with Crippen LogP contribution in [0.1, 0.15) is 37.3 Å². The molecule has 0 unspecified atom stereocenters. The van der Waals surface area contributed by atoms with Crippen LogP contribution in [0.3, 0.4) is 0 Å². The number of nitrogens with zero attached hydrogens (tertiary/aromatic N) is 2. The van der Waals surface area contributed by atoms with E-state index in [1.807, 2.05) is 13.8 Å². The molecule has 1 aromatic heterocycles. The van der Waals surface area contributed by atoms with E-state index in [9.17, 15) is 4.79 Å². The van der Waals surface area contributed by atoms with Gasteiger partial charge in [0.25, 0.3) is 0 Å². The van der Waals surface area contributed by atoms with Crippen LogP contribution in [-0.4, -0.2) is 29.5 Å². The molecule has 5 heteroatoms. The molecule has 0 fully saturated rings. The number of hydrogen-bond donors (Lipinski definition) is 0. The first-order valence-electron chi connectivity index (χ1n) is 4.90. The topological polar surface area (TPSA) is 53.4 Å². The van der Waals surface area contributed by atoms with E-state index in [0.29, 0.717) is 18.1 Å². The van der Waals surface area contributed by atoms with Crippen molar-refractivity contribution in [2.45, 2.75) is 26.8 Å². The van der Waals surface area contributed by atoms with Crippen LogP contribution < -0.4 is 4.74 Å². The van der Waals surface area contributed by atoms with Gasteiger partial charge in [-0.1, -0.05) is 0 Å². The average molecular weight is 212 g/mol. The summed E-state index contributed by atoms with van der Waals surface area (Å²) in [6.07, 6.45) is 1.52. The maximum absolute atomic E-state index is 11.6. The van der Waals surface area contributed by atoms with E-state index in [2.05, 4.69) is 5.10 Å². The molecule has 0 saturated heterocycles. The Morgan fingerprint density at radius 3 is 2.73 bits per heavy atom. The quantitative estimate of drug-likeness (QED) is 0.712. The molecular formula is C10H16N2O3. The second-order valence-electron chi connectivity index (χ2n) is 3.32. The highest BCUT2D eigenvalue weighted by Gasteiger charge is 2.21. The summed E-state index contributed by atoms with van der Waals surface area (Å²) in [7, 11) is 1.50. The lowest BCUT2D eigenvalue weighted by Crippen LogP contribution is -2.15. The molecule has 0 saturated carbocycles. The van der Waals surface area contributed by atoms with Crippen molar-refractivity contribution in [2.24, 2.45) is 0 Å². The van der Waals surface area contributed by atoms with Crippen LogP contribution in [-0.2, 0) is 4.74 Å². The zero-order valence-electron chi connectivity index (χ0n) is 9.48. The standard InChI is InChI=1S/C10H16N2O3/c1-5-15-10(13)9-8(14-4)6-11-12(9)7(2)3/h6-7H,5H2,1-4H3. The summed E-state index contributed by atoms with van der Waals surface area (Å²) in [6, 6.07) is 0.0910. The minimum Gasteiger partial charge on any atom is -0.493 e. The minimum absolute atomic E-state index is 0.0910. The summed E-state index contributed by atoms with van der Waals surface area (Å²) < 4.78 is 11.6. The van der Waals surface area contributed by atoms with Gasteiger partial charge >= 0.3 is 5.97 Å². The van der Waals surface area contributed by atoms with Gasteiger partial charge in [-0.15, -0.1) is 0 Å². The van der Waals surface area contributed by atoms with Gasteiger partial charge in [-0.05, 0) is 20.8 Å². The average Bonchev–Trinajstić information content (AvgIpc) is 2.61. The van der Waals surface area contributed by atoms with Gasteiger partial charge in [-0.3, -0.25) is 4.68 Å². The Morgan fingerprint density at radius 2 is 2.27 bits per heavy atom. The van der Waals surface area contributed by atoms with Crippen molar-refractivity contribution in [3.05, 3.63) is 11.9 Å². The Kier molecular flexibility index (Phi) is 3.71. The van der Waals surface area contributed by atoms with Crippen molar-refractivity contribution in [1.82, 2.24) is 9.78 Å². The summed E-state index contributed by atoms with van der Waals surface area (Å²) in [5.41, 5.74) is 0.370. The van der Waals surface area contributed by atoms with Crippen molar-refractivity contribution in [1.29, 1.82) is 0 Å². The molecule has 1 rings (SSSR count). The highest BCUT2D eigenvalue weighted by Crippen LogP contribution is 2.21. The zero-order valence-corrected chi connectivity index (χ0v) is 9.48. The van der Waals surface area contributed by atoms with Crippen LogP contribution in [0.2, 0.25) is 0 Å². The predicted molar refractivity (Wildman–Crippen MR) is 55.1 cm³/mol. The number of carbonyl (C=O) groups is 1. The molecule has 5 nitrogen and oxygen atoms in total. The first kappa shape index (κ1) is 11.6. The molecule has 0 N–H and O–H groups in total. The molecule has 0 spiro atoms. The lowest BCUT2D eigenvalue weighted by molar-refractivity contribution is 0.0506. The third-order valence-electron chi connectivity index (χ3n) is 1.94. The van der Waals surface area contributed by atoms with Crippen LogP contribution in [0.5, 0.6) is 5.75 Å². The number of carbonyl (C=O) groups excluding carboxylic acids is 1. The van der Waals surface area contributed by atoms with Gasteiger partial charge in [0.1, 0.15) is 0 Å². The second-order valence-corrected chi connectivity index (χ2v) is 3.32. The molecule has 84 valence electrons. The van der Waals surface area contributed by atoms with Gasteiger partial charge in [0.05, 0.1) is 19.9 Å². The van der Waals surface area contributed by atoms with Crippen LogP contribution in [0.4, 0.5) is 0 Å². The van der Waals surface area contributed by atoms with E-state index in [4.69, 9.17) is 9.47 Å². The first-order chi connectivity index (χ1) is 7.11. The Balaban J connectivity index is 3.10.